The summed E-state index contributed by atoms with van der Waals surface area (Å²) in [6.07, 6.45) is 0.879. The average molecular weight is 270 g/mol. The van der Waals surface area contributed by atoms with Crippen molar-refractivity contribution >= 4 is 22.8 Å². The summed E-state index contributed by atoms with van der Waals surface area (Å²) in [6.45, 7) is 2.28. The molecule has 4 heteroatoms. The molecule has 0 bridgehead atoms. The lowest BCUT2D eigenvalue weighted by atomic mass is 10.1. The molecule has 0 unspecified atom stereocenters. The van der Waals surface area contributed by atoms with Crippen LogP contribution in [0.2, 0.25) is 0 Å². The Kier molecular flexibility index (Phi) is 2.93. The number of halogens is 1. The molecule has 2 aromatic rings. The van der Waals surface area contributed by atoms with E-state index in [0.29, 0.717) is 11.3 Å². The molecule has 0 fully saturated rings. The molecule has 0 saturated carbocycles. The van der Waals surface area contributed by atoms with E-state index in [1.54, 1.807) is 12.1 Å². The molecular formula is C16H15FN2O. The normalized spacial score (nSPS) is 13.4. The first-order valence-electron chi connectivity index (χ1n) is 6.52. The van der Waals surface area contributed by atoms with Gasteiger partial charge in [0.05, 0.1) is 0 Å². The highest BCUT2D eigenvalue weighted by Crippen LogP contribution is 2.36. The number of fused-ring (bicyclic) bond motifs is 1. The van der Waals surface area contributed by atoms with Crippen LogP contribution in [0.5, 0.6) is 0 Å². The van der Waals surface area contributed by atoms with Crippen molar-refractivity contribution in [3.63, 3.8) is 0 Å². The summed E-state index contributed by atoms with van der Waals surface area (Å²) in [5, 5.41) is 0. The second-order valence-electron chi connectivity index (χ2n) is 5.00. The first kappa shape index (κ1) is 12.7. The van der Waals surface area contributed by atoms with Gasteiger partial charge in [-0.1, -0.05) is 6.07 Å². The van der Waals surface area contributed by atoms with Crippen LogP contribution >= 0.6 is 0 Å². The Hall–Kier alpha value is -2.36. The number of rotatable bonds is 2. The highest BCUT2D eigenvalue weighted by Gasteiger charge is 2.21. The SMILES string of the molecule is CC(=O)c1ccc(N2CCc3ccc(F)cc32)cc1N. The van der Waals surface area contributed by atoms with Gasteiger partial charge >= 0.3 is 0 Å². The fourth-order valence-electron chi connectivity index (χ4n) is 2.66. The summed E-state index contributed by atoms with van der Waals surface area (Å²) in [7, 11) is 0. The molecule has 0 spiro atoms. The van der Waals surface area contributed by atoms with Crippen LogP contribution in [0.25, 0.3) is 0 Å². The highest BCUT2D eigenvalue weighted by atomic mass is 19.1. The summed E-state index contributed by atoms with van der Waals surface area (Å²) in [5.41, 5.74) is 9.78. The number of nitrogen functional groups attached to an aromatic ring is 1. The lowest BCUT2D eigenvalue weighted by molar-refractivity contribution is 0.101. The number of carbonyl (C=O) groups excluding carboxylic acids is 1. The number of nitrogens with zero attached hydrogens (tertiary/aromatic N) is 1. The van der Waals surface area contributed by atoms with Crippen molar-refractivity contribution in [3.05, 3.63) is 53.3 Å². The van der Waals surface area contributed by atoms with Gasteiger partial charge in [-0.15, -0.1) is 0 Å². The maximum Gasteiger partial charge on any atom is 0.161 e. The zero-order valence-electron chi connectivity index (χ0n) is 11.2. The molecule has 2 aromatic carbocycles. The number of anilines is 3. The molecule has 3 nitrogen and oxygen atoms in total. The molecule has 0 amide bonds. The van der Waals surface area contributed by atoms with E-state index in [1.807, 2.05) is 17.0 Å². The summed E-state index contributed by atoms with van der Waals surface area (Å²) < 4.78 is 13.4. The summed E-state index contributed by atoms with van der Waals surface area (Å²) in [6, 6.07) is 10.2. The molecule has 102 valence electrons. The predicted octanol–water partition coefficient (Wildman–Crippen LogP) is 3.30. The van der Waals surface area contributed by atoms with Gasteiger partial charge in [0.15, 0.2) is 5.78 Å². The van der Waals surface area contributed by atoms with Crippen LogP contribution in [0.4, 0.5) is 21.5 Å². The fraction of sp³-hybridized carbons (Fsp3) is 0.188. The van der Waals surface area contributed by atoms with E-state index in [9.17, 15) is 9.18 Å². The number of nitrogens with two attached hydrogens (primary N) is 1. The van der Waals surface area contributed by atoms with E-state index in [1.165, 1.54) is 19.1 Å². The third-order valence-electron chi connectivity index (χ3n) is 3.67. The van der Waals surface area contributed by atoms with Gasteiger partial charge in [-0.25, -0.2) is 4.39 Å². The molecule has 0 saturated heterocycles. The van der Waals surface area contributed by atoms with Gasteiger partial charge in [-0.3, -0.25) is 4.79 Å². The number of benzene rings is 2. The van der Waals surface area contributed by atoms with E-state index in [4.69, 9.17) is 5.73 Å². The number of Topliss-reactive ketones (excluding diaryl/α,β-unsaturated/α-hetero) is 1. The van der Waals surface area contributed by atoms with Crippen LogP contribution < -0.4 is 10.6 Å². The third kappa shape index (κ3) is 2.03. The molecular weight excluding hydrogens is 255 g/mol. The Labute approximate surface area is 116 Å². The van der Waals surface area contributed by atoms with Gasteiger partial charge in [0.1, 0.15) is 5.82 Å². The highest BCUT2D eigenvalue weighted by molar-refractivity contribution is 5.99. The second kappa shape index (κ2) is 4.63. The molecule has 3 rings (SSSR count). The summed E-state index contributed by atoms with van der Waals surface area (Å²) in [5.74, 6) is -0.300. The first-order valence-corrected chi connectivity index (χ1v) is 6.52. The first-order chi connectivity index (χ1) is 9.56. The summed E-state index contributed by atoms with van der Waals surface area (Å²) in [4.78, 5) is 13.4. The lowest BCUT2D eigenvalue weighted by Gasteiger charge is -2.20. The van der Waals surface area contributed by atoms with Crippen molar-refractivity contribution in [1.82, 2.24) is 0 Å². The van der Waals surface area contributed by atoms with Gasteiger partial charge < -0.3 is 10.6 Å². The van der Waals surface area contributed by atoms with Gasteiger partial charge in [0, 0.05) is 29.2 Å². The van der Waals surface area contributed by atoms with Crippen LogP contribution in [-0.4, -0.2) is 12.3 Å². The third-order valence-corrected chi connectivity index (χ3v) is 3.67. The van der Waals surface area contributed by atoms with Crippen molar-refractivity contribution in [1.29, 1.82) is 0 Å². The number of ketones is 1. The number of hydrogen-bond donors (Lipinski definition) is 1. The standard InChI is InChI=1S/C16H15FN2O/c1-10(20)14-5-4-13(9-15(14)18)19-7-6-11-2-3-12(17)8-16(11)19/h2-5,8-9H,6-7,18H2,1H3. The maximum atomic E-state index is 13.4. The molecule has 0 atom stereocenters. The van der Waals surface area contributed by atoms with Crippen molar-refractivity contribution in [2.45, 2.75) is 13.3 Å². The van der Waals surface area contributed by atoms with Gasteiger partial charge in [0.2, 0.25) is 0 Å². The second-order valence-corrected chi connectivity index (χ2v) is 5.00. The largest absolute Gasteiger partial charge is 0.398 e. The van der Waals surface area contributed by atoms with E-state index in [-0.39, 0.29) is 11.6 Å². The Morgan fingerprint density at radius 2 is 2.05 bits per heavy atom. The molecule has 0 radical (unpaired) electrons. The molecule has 20 heavy (non-hydrogen) atoms. The van der Waals surface area contributed by atoms with Crippen LogP contribution in [0.1, 0.15) is 22.8 Å². The maximum absolute atomic E-state index is 13.4. The monoisotopic (exact) mass is 270 g/mol. The molecule has 0 aromatic heterocycles. The van der Waals surface area contributed by atoms with Gasteiger partial charge in [-0.05, 0) is 49.2 Å². The Bertz CT molecular complexity index is 697. The fourth-order valence-corrected chi connectivity index (χ4v) is 2.66. The van der Waals surface area contributed by atoms with Crippen molar-refractivity contribution in [3.8, 4) is 0 Å². The molecule has 0 aliphatic carbocycles. The quantitative estimate of drug-likeness (QED) is 0.672. The Morgan fingerprint density at radius 3 is 2.75 bits per heavy atom. The van der Waals surface area contributed by atoms with E-state index < -0.39 is 0 Å². The predicted molar refractivity (Wildman–Crippen MR) is 78.0 cm³/mol. The van der Waals surface area contributed by atoms with Gasteiger partial charge in [0.25, 0.3) is 0 Å². The van der Waals surface area contributed by atoms with Gasteiger partial charge in [-0.2, -0.15) is 0 Å². The number of carbonyl (C=O) groups is 1. The minimum atomic E-state index is -0.246. The smallest absolute Gasteiger partial charge is 0.161 e. The molecule has 2 N–H and O–H groups in total. The van der Waals surface area contributed by atoms with E-state index in [2.05, 4.69) is 0 Å². The Balaban J connectivity index is 2.02. The zero-order chi connectivity index (χ0) is 14.3. The van der Waals surface area contributed by atoms with Crippen molar-refractivity contribution in [2.24, 2.45) is 0 Å². The molecule has 1 aliphatic heterocycles. The van der Waals surface area contributed by atoms with E-state index in [0.717, 1.165) is 29.9 Å². The zero-order valence-corrected chi connectivity index (χ0v) is 11.2. The Morgan fingerprint density at radius 1 is 1.25 bits per heavy atom. The molecule has 1 heterocycles. The summed E-state index contributed by atoms with van der Waals surface area (Å²) >= 11 is 0. The minimum Gasteiger partial charge on any atom is -0.398 e. The van der Waals surface area contributed by atoms with Crippen LogP contribution in [-0.2, 0) is 6.42 Å². The lowest BCUT2D eigenvalue weighted by Crippen LogP contribution is -2.14. The van der Waals surface area contributed by atoms with Crippen molar-refractivity contribution in [2.75, 3.05) is 17.2 Å². The average Bonchev–Trinajstić information content (AvgIpc) is 2.81. The molecule has 1 aliphatic rings. The minimum absolute atomic E-state index is 0.0538. The van der Waals surface area contributed by atoms with Crippen molar-refractivity contribution < 1.29 is 9.18 Å². The van der Waals surface area contributed by atoms with Crippen LogP contribution in [0.15, 0.2) is 36.4 Å². The van der Waals surface area contributed by atoms with Crippen LogP contribution in [0, 0.1) is 5.82 Å². The number of hydrogen-bond acceptors (Lipinski definition) is 3. The van der Waals surface area contributed by atoms with Crippen LogP contribution in [0.3, 0.4) is 0 Å². The van der Waals surface area contributed by atoms with E-state index >= 15 is 0 Å². The topological polar surface area (TPSA) is 46.3 Å².